The fourth-order valence-electron chi connectivity index (χ4n) is 2.95. The minimum Gasteiger partial charge on any atom is -0.343 e. The Bertz CT molecular complexity index is 662. The summed E-state index contributed by atoms with van der Waals surface area (Å²) >= 11 is 0. The van der Waals surface area contributed by atoms with Crippen molar-refractivity contribution in [3.8, 4) is 0 Å². The third-order valence-corrected chi connectivity index (χ3v) is 6.47. The molecule has 0 aromatic heterocycles. The third-order valence-electron chi connectivity index (χ3n) is 4.42. The molecule has 0 unspecified atom stereocenters. The van der Waals surface area contributed by atoms with E-state index in [1.165, 1.54) is 4.31 Å². The van der Waals surface area contributed by atoms with Crippen LogP contribution in [0.25, 0.3) is 0 Å². The van der Waals surface area contributed by atoms with Gasteiger partial charge in [0.05, 0.1) is 4.90 Å². The zero-order valence-electron chi connectivity index (χ0n) is 13.7. The molecule has 0 N–H and O–H groups in total. The number of carbonyl (C=O) groups excluding carboxylic acids is 1. The Morgan fingerprint density at radius 1 is 1.23 bits per heavy atom. The van der Waals surface area contributed by atoms with Gasteiger partial charge < -0.3 is 4.90 Å². The van der Waals surface area contributed by atoms with Gasteiger partial charge in [0.25, 0.3) is 0 Å². The smallest absolute Gasteiger partial charge is 0.243 e. The van der Waals surface area contributed by atoms with Crippen molar-refractivity contribution >= 4 is 15.9 Å². The maximum absolute atomic E-state index is 12.8. The van der Waals surface area contributed by atoms with Gasteiger partial charge >= 0.3 is 0 Å². The van der Waals surface area contributed by atoms with Crippen LogP contribution in [0.15, 0.2) is 23.1 Å². The number of aryl methyl sites for hydroxylation is 2. The quantitative estimate of drug-likeness (QED) is 0.854. The molecular weight excluding hydrogens is 300 g/mol. The van der Waals surface area contributed by atoms with Crippen molar-refractivity contribution in [3.05, 3.63) is 29.3 Å². The van der Waals surface area contributed by atoms with Crippen molar-refractivity contribution in [2.24, 2.45) is 0 Å². The van der Waals surface area contributed by atoms with Crippen LogP contribution in [0, 0.1) is 13.8 Å². The summed E-state index contributed by atoms with van der Waals surface area (Å²) < 4.78 is 27.1. The summed E-state index contributed by atoms with van der Waals surface area (Å²) in [5.74, 6) is 0.0238. The minimum atomic E-state index is -3.45. The molecule has 1 saturated heterocycles. The molecule has 22 heavy (non-hydrogen) atoms. The van der Waals surface area contributed by atoms with Crippen molar-refractivity contribution < 1.29 is 13.2 Å². The molecule has 0 bridgehead atoms. The summed E-state index contributed by atoms with van der Waals surface area (Å²) in [5, 5.41) is 0. The predicted molar refractivity (Wildman–Crippen MR) is 86.1 cm³/mol. The van der Waals surface area contributed by atoms with Gasteiger partial charge in [-0.1, -0.05) is 17.7 Å². The van der Waals surface area contributed by atoms with Gasteiger partial charge in [0, 0.05) is 33.1 Å². The van der Waals surface area contributed by atoms with E-state index in [4.69, 9.17) is 0 Å². The van der Waals surface area contributed by atoms with Crippen LogP contribution in [0.3, 0.4) is 0 Å². The number of benzene rings is 1. The van der Waals surface area contributed by atoms with Crippen LogP contribution in [0.2, 0.25) is 0 Å². The Hall–Kier alpha value is -1.40. The number of hydrogen-bond acceptors (Lipinski definition) is 3. The molecule has 0 spiro atoms. The second-order valence-electron chi connectivity index (χ2n) is 6.03. The lowest BCUT2D eigenvalue weighted by Gasteiger charge is -2.35. The minimum absolute atomic E-state index is 0.0238. The normalized spacial score (nSPS) is 17.5. The van der Waals surface area contributed by atoms with Crippen LogP contribution in [-0.4, -0.2) is 49.7 Å². The Morgan fingerprint density at radius 2 is 1.82 bits per heavy atom. The van der Waals surface area contributed by atoms with Gasteiger partial charge in [-0.3, -0.25) is 4.79 Å². The second-order valence-corrected chi connectivity index (χ2v) is 7.94. The highest BCUT2D eigenvalue weighted by Gasteiger charge is 2.32. The zero-order chi connectivity index (χ0) is 16.5. The van der Waals surface area contributed by atoms with Crippen LogP contribution in [-0.2, 0) is 14.8 Å². The van der Waals surface area contributed by atoms with Gasteiger partial charge in [0.15, 0.2) is 0 Å². The van der Waals surface area contributed by atoms with Crippen LogP contribution in [0.4, 0.5) is 0 Å². The summed E-state index contributed by atoms with van der Waals surface area (Å²) in [5.41, 5.74) is 1.83. The molecule has 0 aliphatic carbocycles. The first-order valence-electron chi connectivity index (χ1n) is 7.54. The first-order chi connectivity index (χ1) is 10.2. The molecule has 2 rings (SSSR count). The van der Waals surface area contributed by atoms with Crippen LogP contribution in [0.1, 0.15) is 30.9 Å². The van der Waals surface area contributed by atoms with Gasteiger partial charge in [-0.05, 0) is 38.3 Å². The van der Waals surface area contributed by atoms with Crippen molar-refractivity contribution in [2.45, 2.75) is 44.6 Å². The fraction of sp³-hybridized carbons (Fsp3) is 0.562. The largest absolute Gasteiger partial charge is 0.343 e. The lowest BCUT2D eigenvalue weighted by Crippen LogP contribution is -2.46. The highest BCUT2D eigenvalue weighted by atomic mass is 32.2. The Morgan fingerprint density at radius 3 is 2.32 bits per heavy atom. The Balaban J connectivity index is 2.14. The van der Waals surface area contributed by atoms with E-state index in [1.54, 1.807) is 24.9 Å². The molecule has 1 fully saturated rings. The van der Waals surface area contributed by atoms with E-state index in [9.17, 15) is 13.2 Å². The zero-order valence-corrected chi connectivity index (χ0v) is 14.5. The van der Waals surface area contributed by atoms with E-state index in [2.05, 4.69) is 0 Å². The van der Waals surface area contributed by atoms with E-state index < -0.39 is 10.0 Å². The highest BCUT2D eigenvalue weighted by molar-refractivity contribution is 7.89. The number of hydrogen-bond donors (Lipinski definition) is 0. The van der Waals surface area contributed by atoms with Gasteiger partial charge in [-0.2, -0.15) is 4.31 Å². The van der Waals surface area contributed by atoms with E-state index in [0.717, 1.165) is 11.1 Å². The molecular formula is C16H24N2O3S. The topological polar surface area (TPSA) is 57.7 Å². The van der Waals surface area contributed by atoms with Crippen molar-refractivity contribution in [3.63, 3.8) is 0 Å². The Labute approximate surface area is 133 Å². The molecule has 0 radical (unpaired) electrons. The summed E-state index contributed by atoms with van der Waals surface area (Å²) in [6.07, 6.45) is 1.36. The van der Waals surface area contributed by atoms with Crippen molar-refractivity contribution in [1.82, 2.24) is 9.21 Å². The van der Waals surface area contributed by atoms with Gasteiger partial charge in [0.1, 0.15) is 0 Å². The van der Waals surface area contributed by atoms with E-state index in [1.807, 2.05) is 26.0 Å². The molecule has 1 aromatic rings. The standard InChI is InChI=1S/C16H24N2O3S/c1-12-5-6-16(13(2)11-12)22(20,21)18-9-7-15(8-10-18)17(4)14(3)19/h5-6,11,15H,7-10H2,1-4H3. The average molecular weight is 324 g/mol. The lowest BCUT2D eigenvalue weighted by molar-refractivity contribution is -0.130. The maximum Gasteiger partial charge on any atom is 0.243 e. The monoisotopic (exact) mass is 324 g/mol. The van der Waals surface area contributed by atoms with Crippen molar-refractivity contribution in [1.29, 1.82) is 0 Å². The van der Waals surface area contributed by atoms with Crippen LogP contribution < -0.4 is 0 Å². The summed E-state index contributed by atoms with van der Waals surface area (Å²) in [4.78, 5) is 13.5. The predicted octanol–water partition coefficient (Wildman–Crippen LogP) is 1.93. The maximum atomic E-state index is 12.8. The van der Waals surface area contributed by atoms with Gasteiger partial charge in [-0.25, -0.2) is 8.42 Å². The lowest BCUT2D eigenvalue weighted by atomic mass is 10.1. The first-order valence-corrected chi connectivity index (χ1v) is 8.98. The van der Waals surface area contributed by atoms with Crippen LogP contribution in [0.5, 0.6) is 0 Å². The summed E-state index contributed by atoms with van der Waals surface area (Å²) in [6.45, 7) is 6.23. The first kappa shape index (κ1) is 17.0. The van der Waals surface area contributed by atoms with Gasteiger partial charge in [0.2, 0.25) is 15.9 Å². The molecule has 1 aromatic carbocycles. The molecule has 1 aliphatic heterocycles. The van der Waals surface area contributed by atoms with E-state index in [-0.39, 0.29) is 11.9 Å². The highest BCUT2D eigenvalue weighted by Crippen LogP contribution is 2.25. The number of nitrogens with zero attached hydrogens (tertiary/aromatic N) is 2. The van der Waals surface area contributed by atoms with Crippen molar-refractivity contribution in [2.75, 3.05) is 20.1 Å². The SMILES string of the molecule is CC(=O)N(C)C1CCN(S(=O)(=O)c2ccc(C)cc2C)CC1. The molecule has 0 atom stereocenters. The second kappa shape index (κ2) is 6.38. The van der Waals surface area contributed by atoms with E-state index in [0.29, 0.717) is 30.8 Å². The molecule has 5 nitrogen and oxygen atoms in total. The molecule has 6 heteroatoms. The number of sulfonamides is 1. The summed E-state index contributed by atoms with van der Waals surface area (Å²) in [6, 6.07) is 5.54. The molecule has 0 saturated carbocycles. The molecule has 1 amide bonds. The molecule has 1 heterocycles. The number of rotatable bonds is 3. The van der Waals surface area contributed by atoms with E-state index >= 15 is 0 Å². The van der Waals surface area contributed by atoms with Crippen LogP contribution >= 0.6 is 0 Å². The summed E-state index contributed by atoms with van der Waals surface area (Å²) in [7, 11) is -1.67. The number of amides is 1. The number of piperidine rings is 1. The number of carbonyl (C=O) groups is 1. The Kier molecular flexibility index (Phi) is 4.92. The van der Waals surface area contributed by atoms with Gasteiger partial charge in [-0.15, -0.1) is 0 Å². The fourth-order valence-corrected chi connectivity index (χ4v) is 4.63. The molecule has 122 valence electrons. The molecule has 1 aliphatic rings. The third kappa shape index (κ3) is 3.33. The average Bonchev–Trinajstić information content (AvgIpc) is 2.46.